The number of hydrogen-bond acceptors (Lipinski definition) is 2. The highest BCUT2D eigenvalue weighted by atomic mass is 19.3. The SMILES string of the molecule is CCC(CC(F)(F)CC)C(C(=O)O)C(=O)O. The van der Waals surface area contributed by atoms with Crippen LogP contribution in [0.4, 0.5) is 8.78 Å². The quantitative estimate of drug-likeness (QED) is 0.667. The van der Waals surface area contributed by atoms with Gasteiger partial charge in [0.25, 0.3) is 0 Å². The number of aliphatic carboxylic acids is 2. The highest BCUT2D eigenvalue weighted by molar-refractivity contribution is 5.93. The zero-order valence-electron chi connectivity index (χ0n) is 9.24. The van der Waals surface area contributed by atoms with Crippen LogP contribution in [0.1, 0.15) is 33.1 Å². The molecule has 0 aliphatic rings. The van der Waals surface area contributed by atoms with E-state index in [0.717, 1.165) is 0 Å². The number of carboxylic acid groups (broad SMARTS) is 2. The van der Waals surface area contributed by atoms with Gasteiger partial charge in [-0.05, 0) is 5.92 Å². The molecule has 4 nitrogen and oxygen atoms in total. The summed E-state index contributed by atoms with van der Waals surface area (Å²) in [6.07, 6.45) is -1.03. The largest absolute Gasteiger partial charge is 0.481 e. The van der Waals surface area contributed by atoms with Gasteiger partial charge in [0.15, 0.2) is 5.92 Å². The van der Waals surface area contributed by atoms with Crippen molar-refractivity contribution in [2.24, 2.45) is 11.8 Å². The van der Waals surface area contributed by atoms with Gasteiger partial charge >= 0.3 is 11.9 Å². The maximum absolute atomic E-state index is 13.1. The highest BCUT2D eigenvalue weighted by Crippen LogP contribution is 2.32. The predicted octanol–water partition coefficient (Wildman–Crippen LogP) is 2.23. The van der Waals surface area contributed by atoms with Gasteiger partial charge in [0.2, 0.25) is 5.92 Å². The van der Waals surface area contributed by atoms with E-state index in [-0.39, 0.29) is 6.42 Å². The van der Waals surface area contributed by atoms with Crippen molar-refractivity contribution in [3.8, 4) is 0 Å². The van der Waals surface area contributed by atoms with E-state index in [9.17, 15) is 18.4 Å². The minimum Gasteiger partial charge on any atom is -0.481 e. The maximum atomic E-state index is 13.1. The van der Waals surface area contributed by atoms with Gasteiger partial charge in [-0.25, -0.2) is 8.78 Å². The summed E-state index contributed by atoms with van der Waals surface area (Å²) in [5, 5.41) is 17.4. The van der Waals surface area contributed by atoms with Crippen molar-refractivity contribution >= 4 is 11.9 Å². The Hall–Kier alpha value is -1.20. The fourth-order valence-electron chi connectivity index (χ4n) is 1.53. The van der Waals surface area contributed by atoms with Crippen LogP contribution < -0.4 is 0 Å². The van der Waals surface area contributed by atoms with Crippen LogP contribution in [0.15, 0.2) is 0 Å². The molecule has 16 heavy (non-hydrogen) atoms. The molecule has 1 atom stereocenters. The summed E-state index contributed by atoms with van der Waals surface area (Å²) < 4.78 is 26.2. The molecule has 0 aliphatic heterocycles. The molecule has 1 unspecified atom stereocenters. The van der Waals surface area contributed by atoms with Crippen molar-refractivity contribution < 1.29 is 28.6 Å². The molecular formula is C10H16F2O4. The average molecular weight is 238 g/mol. The van der Waals surface area contributed by atoms with E-state index in [1.54, 1.807) is 0 Å². The zero-order chi connectivity index (χ0) is 12.9. The van der Waals surface area contributed by atoms with E-state index < -0.39 is 42.5 Å². The van der Waals surface area contributed by atoms with Crippen LogP contribution in [-0.4, -0.2) is 28.1 Å². The van der Waals surface area contributed by atoms with Crippen molar-refractivity contribution in [3.63, 3.8) is 0 Å². The predicted molar refractivity (Wildman–Crippen MR) is 52.4 cm³/mol. The Bertz CT molecular complexity index is 252. The lowest BCUT2D eigenvalue weighted by atomic mass is 9.84. The van der Waals surface area contributed by atoms with Crippen molar-refractivity contribution in [3.05, 3.63) is 0 Å². The molecule has 0 bridgehead atoms. The van der Waals surface area contributed by atoms with Gasteiger partial charge in [-0.3, -0.25) is 9.59 Å². The normalized spacial score (nSPS) is 13.8. The molecule has 0 aromatic heterocycles. The Morgan fingerprint density at radius 1 is 1.19 bits per heavy atom. The molecule has 0 aromatic carbocycles. The molecular weight excluding hydrogens is 222 g/mol. The van der Waals surface area contributed by atoms with E-state index in [0.29, 0.717) is 0 Å². The summed E-state index contributed by atoms with van der Waals surface area (Å²) in [6.45, 7) is 2.79. The third-order valence-corrected chi connectivity index (χ3v) is 2.61. The third-order valence-electron chi connectivity index (χ3n) is 2.61. The first-order chi connectivity index (χ1) is 7.25. The van der Waals surface area contributed by atoms with Crippen LogP contribution in [0.3, 0.4) is 0 Å². The summed E-state index contributed by atoms with van der Waals surface area (Å²) in [5.74, 6) is -8.95. The summed E-state index contributed by atoms with van der Waals surface area (Å²) in [7, 11) is 0. The maximum Gasteiger partial charge on any atom is 0.318 e. The second-order valence-corrected chi connectivity index (χ2v) is 3.74. The van der Waals surface area contributed by atoms with Crippen LogP contribution in [0.2, 0.25) is 0 Å². The molecule has 0 heterocycles. The Morgan fingerprint density at radius 3 is 1.88 bits per heavy atom. The second kappa shape index (κ2) is 5.77. The standard InChI is InChI=1S/C10H16F2O4/c1-3-6(5-10(11,12)4-2)7(8(13)14)9(15)16/h6-7H,3-5H2,1-2H3,(H,13,14)(H,15,16). The van der Waals surface area contributed by atoms with E-state index in [1.165, 1.54) is 13.8 Å². The molecule has 6 heteroatoms. The number of alkyl halides is 2. The summed E-state index contributed by atoms with van der Waals surface area (Å²) in [5.41, 5.74) is 0. The monoisotopic (exact) mass is 238 g/mol. The van der Waals surface area contributed by atoms with E-state index in [2.05, 4.69) is 0 Å². The smallest absolute Gasteiger partial charge is 0.318 e. The molecule has 0 fully saturated rings. The summed E-state index contributed by atoms with van der Waals surface area (Å²) >= 11 is 0. The van der Waals surface area contributed by atoms with Gasteiger partial charge in [-0.1, -0.05) is 20.3 Å². The number of halogens is 2. The van der Waals surface area contributed by atoms with Gasteiger partial charge in [-0.15, -0.1) is 0 Å². The van der Waals surface area contributed by atoms with Gasteiger partial charge < -0.3 is 10.2 Å². The topological polar surface area (TPSA) is 74.6 Å². The molecule has 0 rings (SSSR count). The van der Waals surface area contributed by atoms with Crippen molar-refractivity contribution in [2.45, 2.75) is 39.0 Å². The molecule has 0 spiro atoms. The van der Waals surface area contributed by atoms with Crippen LogP contribution in [-0.2, 0) is 9.59 Å². The van der Waals surface area contributed by atoms with Crippen LogP contribution in [0.25, 0.3) is 0 Å². The van der Waals surface area contributed by atoms with Gasteiger partial charge in [0, 0.05) is 12.8 Å². The number of carboxylic acids is 2. The van der Waals surface area contributed by atoms with Crippen LogP contribution >= 0.6 is 0 Å². The molecule has 2 N–H and O–H groups in total. The molecule has 0 saturated carbocycles. The first-order valence-corrected chi connectivity index (χ1v) is 5.08. The Kier molecular flexibility index (Phi) is 5.33. The number of rotatable bonds is 7. The fraction of sp³-hybridized carbons (Fsp3) is 0.800. The molecule has 94 valence electrons. The lowest BCUT2D eigenvalue weighted by molar-refractivity contribution is -0.159. The average Bonchev–Trinajstić information content (AvgIpc) is 2.15. The lowest BCUT2D eigenvalue weighted by Gasteiger charge is -2.24. The van der Waals surface area contributed by atoms with Gasteiger partial charge in [0.05, 0.1) is 0 Å². The minimum absolute atomic E-state index is 0.0961. The van der Waals surface area contributed by atoms with Gasteiger partial charge in [-0.2, -0.15) is 0 Å². The van der Waals surface area contributed by atoms with Crippen LogP contribution in [0, 0.1) is 11.8 Å². The van der Waals surface area contributed by atoms with Gasteiger partial charge in [0.1, 0.15) is 0 Å². The van der Waals surface area contributed by atoms with E-state index in [1.807, 2.05) is 0 Å². The van der Waals surface area contributed by atoms with E-state index >= 15 is 0 Å². The molecule has 0 aliphatic carbocycles. The fourth-order valence-corrected chi connectivity index (χ4v) is 1.53. The van der Waals surface area contributed by atoms with E-state index in [4.69, 9.17) is 10.2 Å². The summed E-state index contributed by atoms with van der Waals surface area (Å²) in [6, 6.07) is 0. The Balaban J connectivity index is 4.82. The number of carbonyl (C=O) groups is 2. The zero-order valence-corrected chi connectivity index (χ0v) is 9.24. The first kappa shape index (κ1) is 14.8. The van der Waals surface area contributed by atoms with Crippen LogP contribution in [0.5, 0.6) is 0 Å². The highest BCUT2D eigenvalue weighted by Gasteiger charge is 2.40. The summed E-state index contributed by atoms with van der Waals surface area (Å²) in [4.78, 5) is 21.4. The lowest BCUT2D eigenvalue weighted by Crippen LogP contribution is -2.34. The third kappa shape index (κ3) is 4.12. The Morgan fingerprint density at radius 2 is 1.62 bits per heavy atom. The first-order valence-electron chi connectivity index (χ1n) is 5.08. The molecule has 0 saturated heterocycles. The molecule has 0 radical (unpaired) electrons. The van der Waals surface area contributed by atoms with Crippen molar-refractivity contribution in [2.75, 3.05) is 0 Å². The number of hydrogen-bond donors (Lipinski definition) is 2. The molecule has 0 aromatic rings. The minimum atomic E-state index is -3.01. The molecule has 0 amide bonds. The van der Waals surface area contributed by atoms with Crippen molar-refractivity contribution in [1.82, 2.24) is 0 Å². The Labute approximate surface area is 92.3 Å². The van der Waals surface area contributed by atoms with Crippen molar-refractivity contribution in [1.29, 1.82) is 0 Å². The second-order valence-electron chi connectivity index (χ2n) is 3.74.